The number of para-hydroxylation sites is 2. The van der Waals surface area contributed by atoms with E-state index in [1.165, 1.54) is 0 Å². The van der Waals surface area contributed by atoms with Crippen molar-refractivity contribution in [3.8, 4) is 17.0 Å². The van der Waals surface area contributed by atoms with E-state index >= 15 is 0 Å². The molecule has 4 N–H and O–H groups in total. The van der Waals surface area contributed by atoms with Crippen molar-refractivity contribution in [2.75, 3.05) is 55.8 Å². The van der Waals surface area contributed by atoms with Crippen molar-refractivity contribution in [1.82, 2.24) is 14.9 Å². The molecule has 0 aliphatic carbocycles. The van der Waals surface area contributed by atoms with Crippen LogP contribution in [-0.4, -0.2) is 60.2 Å². The van der Waals surface area contributed by atoms with Crippen molar-refractivity contribution in [3.05, 3.63) is 96.2 Å². The highest BCUT2D eigenvalue weighted by Gasteiger charge is 2.11. The molecule has 0 atom stereocenters. The van der Waals surface area contributed by atoms with Crippen LogP contribution >= 0.6 is 0 Å². The van der Waals surface area contributed by atoms with Crippen molar-refractivity contribution in [2.24, 2.45) is 0 Å². The minimum atomic E-state index is -0.211. The first-order valence-corrected chi connectivity index (χ1v) is 13.0. The van der Waals surface area contributed by atoms with Crippen molar-refractivity contribution >= 4 is 23.2 Å². The average Bonchev–Trinajstić information content (AvgIpc) is 2.98. The van der Waals surface area contributed by atoms with Gasteiger partial charge < -0.3 is 25.8 Å². The molecule has 9 nitrogen and oxygen atoms in total. The molecule has 2 heterocycles. The zero-order valence-electron chi connectivity index (χ0n) is 21.7. The van der Waals surface area contributed by atoms with Crippen molar-refractivity contribution in [2.45, 2.75) is 6.54 Å². The van der Waals surface area contributed by atoms with Crippen LogP contribution in [0.25, 0.3) is 11.3 Å². The van der Waals surface area contributed by atoms with Gasteiger partial charge in [0.15, 0.2) is 0 Å². The quantitative estimate of drug-likeness (QED) is 0.263. The van der Waals surface area contributed by atoms with Gasteiger partial charge in [-0.3, -0.25) is 9.69 Å². The summed E-state index contributed by atoms with van der Waals surface area (Å²) in [7, 11) is 0. The summed E-state index contributed by atoms with van der Waals surface area (Å²) in [5, 5.41) is 6.10. The van der Waals surface area contributed by atoms with Gasteiger partial charge >= 0.3 is 0 Å². The summed E-state index contributed by atoms with van der Waals surface area (Å²) in [6.45, 7) is 5.56. The lowest BCUT2D eigenvalue weighted by Gasteiger charge is -2.26. The fourth-order valence-corrected chi connectivity index (χ4v) is 4.20. The van der Waals surface area contributed by atoms with Gasteiger partial charge in [0, 0.05) is 43.5 Å². The molecule has 0 bridgehead atoms. The Morgan fingerprint density at radius 1 is 0.974 bits per heavy atom. The second kappa shape index (κ2) is 12.9. The molecule has 1 aromatic heterocycles. The van der Waals surface area contributed by atoms with Crippen LogP contribution < -0.4 is 21.1 Å². The van der Waals surface area contributed by atoms with E-state index in [0.717, 1.165) is 55.4 Å². The molecule has 0 spiro atoms. The van der Waals surface area contributed by atoms with Gasteiger partial charge in [-0.2, -0.15) is 0 Å². The number of morpholine rings is 1. The maximum atomic E-state index is 12.6. The maximum absolute atomic E-state index is 12.6. The van der Waals surface area contributed by atoms with Crippen LogP contribution in [0.3, 0.4) is 0 Å². The van der Waals surface area contributed by atoms with E-state index < -0.39 is 0 Å². The lowest BCUT2D eigenvalue weighted by molar-refractivity contribution is 0.0322. The number of rotatable bonds is 10. The Morgan fingerprint density at radius 2 is 1.74 bits per heavy atom. The summed E-state index contributed by atoms with van der Waals surface area (Å²) >= 11 is 0. The van der Waals surface area contributed by atoms with Gasteiger partial charge in [0.1, 0.15) is 12.4 Å². The van der Waals surface area contributed by atoms with Crippen LogP contribution in [0.1, 0.15) is 15.9 Å². The molecule has 3 aromatic carbocycles. The molecule has 39 heavy (non-hydrogen) atoms. The van der Waals surface area contributed by atoms with Gasteiger partial charge in [-0.15, -0.1) is 0 Å². The van der Waals surface area contributed by atoms with E-state index in [1.54, 1.807) is 30.5 Å². The van der Waals surface area contributed by atoms with Crippen LogP contribution in [0, 0.1) is 0 Å². The number of hydrogen-bond acceptors (Lipinski definition) is 8. The summed E-state index contributed by atoms with van der Waals surface area (Å²) in [4.78, 5) is 23.9. The third-order valence-electron chi connectivity index (χ3n) is 6.46. The average molecular weight is 525 g/mol. The Balaban J connectivity index is 1.12. The number of carbonyl (C=O) groups excluding carboxylic acids is 1. The normalized spacial score (nSPS) is 13.5. The number of anilines is 3. The smallest absolute Gasteiger partial charge is 0.255 e. The zero-order chi connectivity index (χ0) is 26.9. The molecule has 0 unspecified atom stereocenters. The Kier molecular flexibility index (Phi) is 8.62. The van der Waals surface area contributed by atoms with E-state index in [0.29, 0.717) is 36.0 Å². The predicted molar refractivity (Wildman–Crippen MR) is 153 cm³/mol. The van der Waals surface area contributed by atoms with Crippen LogP contribution in [0.15, 0.2) is 85.1 Å². The van der Waals surface area contributed by atoms with Crippen LogP contribution in [-0.2, 0) is 11.3 Å². The molecule has 1 fully saturated rings. The number of nitrogens with one attached hydrogen (secondary N) is 2. The van der Waals surface area contributed by atoms with Crippen LogP contribution in [0.4, 0.5) is 17.3 Å². The van der Waals surface area contributed by atoms with Crippen molar-refractivity contribution in [1.29, 1.82) is 0 Å². The summed E-state index contributed by atoms with van der Waals surface area (Å²) in [5.41, 5.74) is 10.4. The minimum Gasteiger partial charge on any atom is -0.492 e. The number of benzene rings is 3. The number of aromatic nitrogens is 2. The first-order chi connectivity index (χ1) is 19.1. The van der Waals surface area contributed by atoms with Gasteiger partial charge in [0.05, 0.1) is 30.3 Å². The number of amides is 1. The van der Waals surface area contributed by atoms with Gasteiger partial charge in [-0.05, 0) is 60.2 Å². The molecule has 0 radical (unpaired) electrons. The highest BCUT2D eigenvalue weighted by molar-refractivity contribution is 6.05. The lowest BCUT2D eigenvalue weighted by Crippen LogP contribution is -2.38. The number of ether oxygens (including phenoxy) is 2. The molecule has 9 heteroatoms. The molecule has 1 aliphatic rings. The van der Waals surface area contributed by atoms with Crippen LogP contribution in [0.5, 0.6) is 5.75 Å². The molecule has 1 saturated heterocycles. The molecular weight excluding hydrogens is 492 g/mol. The number of nitrogens with zero attached hydrogens (tertiary/aromatic N) is 3. The second-order valence-corrected chi connectivity index (χ2v) is 9.18. The molecule has 200 valence electrons. The molecule has 1 aliphatic heterocycles. The summed E-state index contributed by atoms with van der Waals surface area (Å²) in [5.74, 6) is 1.15. The van der Waals surface area contributed by atoms with Crippen molar-refractivity contribution in [3.63, 3.8) is 0 Å². The highest BCUT2D eigenvalue weighted by Crippen LogP contribution is 2.22. The molecule has 0 saturated carbocycles. The van der Waals surface area contributed by atoms with E-state index in [-0.39, 0.29) is 5.91 Å². The predicted octanol–water partition coefficient (Wildman–Crippen LogP) is 4.30. The Bertz CT molecular complexity index is 1370. The first-order valence-electron chi connectivity index (χ1n) is 13.0. The highest BCUT2D eigenvalue weighted by atomic mass is 16.5. The van der Waals surface area contributed by atoms with Gasteiger partial charge in [-0.1, -0.05) is 24.3 Å². The second-order valence-electron chi connectivity index (χ2n) is 9.18. The third kappa shape index (κ3) is 7.31. The topological polar surface area (TPSA) is 115 Å². The Hall–Kier alpha value is -4.47. The zero-order valence-corrected chi connectivity index (χ0v) is 21.7. The van der Waals surface area contributed by atoms with Crippen LogP contribution in [0.2, 0.25) is 0 Å². The monoisotopic (exact) mass is 524 g/mol. The number of carbonyl (C=O) groups is 1. The number of nitrogens with two attached hydrogens (primary N) is 1. The maximum Gasteiger partial charge on any atom is 0.255 e. The van der Waals surface area contributed by atoms with Gasteiger partial charge in [-0.25, -0.2) is 9.97 Å². The van der Waals surface area contributed by atoms with Crippen molar-refractivity contribution < 1.29 is 14.3 Å². The SMILES string of the molecule is Nc1ccccc1NC(=O)c1ccc(CNc2nccc(-c3ccc(OCCN4CCOCC4)cc3)n2)cc1. The third-order valence-corrected chi connectivity index (χ3v) is 6.46. The fraction of sp³-hybridized carbons (Fsp3) is 0.233. The fourth-order valence-electron chi connectivity index (χ4n) is 4.20. The lowest BCUT2D eigenvalue weighted by atomic mass is 10.1. The van der Waals surface area contributed by atoms with E-state index in [2.05, 4.69) is 25.5 Å². The Morgan fingerprint density at radius 3 is 2.51 bits per heavy atom. The molecule has 1 amide bonds. The summed E-state index contributed by atoms with van der Waals surface area (Å²) in [6, 6.07) is 24.4. The van der Waals surface area contributed by atoms with E-state index in [4.69, 9.17) is 15.2 Å². The number of nitrogen functional groups attached to an aromatic ring is 1. The standard InChI is InChI=1S/C30H32N6O3/c31-26-3-1-2-4-28(26)34-29(37)24-7-5-22(6-8-24)21-33-30-32-14-13-27(35-30)23-9-11-25(12-10-23)39-20-17-36-15-18-38-19-16-36/h1-14H,15-21,31H2,(H,34,37)(H,32,33,35). The van der Waals surface area contributed by atoms with Gasteiger partial charge in [0.2, 0.25) is 5.95 Å². The first kappa shape index (κ1) is 26.1. The molecule has 4 aromatic rings. The number of hydrogen-bond donors (Lipinski definition) is 3. The Labute approximate surface area is 228 Å². The van der Waals surface area contributed by atoms with E-state index in [9.17, 15) is 4.79 Å². The molecule has 5 rings (SSSR count). The van der Waals surface area contributed by atoms with E-state index in [1.807, 2.05) is 54.6 Å². The summed E-state index contributed by atoms with van der Waals surface area (Å²) < 4.78 is 11.3. The van der Waals surface area contributed by atoms with Gasteiger partial charge in [0.25, 0.3) is 5.91 Å². The molecular formula is C30H32N6O3. The minimum absolute atomic E-state index is 0.211. The summed E-state index contributed by atoms with van der Waals surface area (Å²) in [6.07, 6.45) is 1.74. The largest absolute Gasteiger partial charge is 0.492 e.